The number of rotatable bonds is 2. The highest BCUT2D eigenvalue weighted by Crippen LogP contribution is 2.37. The zero-order valence-electron chi connectivity index (χ0n) is 12.2. The van der Waals surface area contributed by atoms with E-state index in [1.54, 1.807) is 0 Å². The summed E-state index contributed by atoms with van der Waals surface area (Å²) in [5, 5.41) is 0.966. The minimum Gasteiger partial charge on any atom is -0.397 e. The van der Waals surface area contributed by atoms with Crippen LogP contribution < -0.4 is 5.73 Å². The Morgan fingerprint density at radius 3 is 2.90 bits per heavy atom. The molecule has 2 N–H and O–H groups in total. The van der Waals surface area contributed by atoms with Gasteiger partial charge in [-0.25, -0.2) is 4.98 Å². The number of anilines is 1. The van der Waals surface area contributed by atoms with E-state index in [1.807, 2.05) is 11.9 Å². The van der Waals surface area contributed by atoms with Crippen LogP contribution in [-0.4, -0.2) is 28.9 Å². The van der Waals surface area contributed by atoms with Crippen molar-refractivity contribution in [3.63, 3.8) is 0 Å². The van der Waals surface area contributed by atoms with E-state index in [9.17, 15) is 4.79 Å². The molecule has 0 bridgehead atoms. The molecule has 4 rings (SSSR count). The standard InChI is InChI=1S/C16H19N3OS/c1-19(10-6-7-10)16(20)14-13(17)11-8-9-4-2-3-5-12(9)18-15(11)21-14/h8,10H,2-7,17H2,1H3. The van der Waals surface area contributed by atoms with E-state index in [-0.39, 0.29) is 5.91 Å². The van der Waals surface area contributed by atoms with Gasteiger partial charge in [0.1, 0.15) is 9.71 Å². The molecule has 0 spiro atoms. The zero-order valence-corrected chi connectivity index (χ0v) is 13.0. The number of pyridine rings is 1. The quantitative estimate of drug-likeness (QED) is 0.927. The smallest absolute Gasteiger partial charge is 0.266 e. The van der Waals surface area contributed by atoms with Gasteiger partial charge in [-0.15, -0.1) is 11.3 Å². The first-order valence-electron chi connectivity index (χ1n) is 7.63. The normalized spacial score (nSPS) is 17.8. The molecule has 110 valence electrons. The first-order valence-corrected chi connectivity index (χ1v) is 8.44. The maximum absolute atomic E-state index is 12.6. The Labute approximate surface area is 128 Å². The average molecular weight is 301 g/mol. The Balaban J connectivity index is 1.79. The molecule has 21 heavy (non-hydrogen) atoms. The van der Waals surface area contributed by atoms with E-state index in [4.69, 9.17) is 10.7 Å². The average Bonchev–Trinajstić information content (AvgIpc) is 3.30. The van der Waals surface area contributed by atoms with Crippen LogP contribution in [0.4, 0.5) is 5.69 Å². The first kappa shape index (κ1) is 13.1. The van der Waals surface area contributed by atoms with Crippen LogP contribution >= 0.6 is 11.3 Å². The van der Waals surface area contributed by atoms with E-state index < -0.39 is 0 Å². The van der Waals surface area contributed by atoms with E-state index in [0.717, 1.165) is 35.9 Å². The number of aryl methyl sites for hydroxylation is 2. The van der Waals surface area contributed by atoms with Crippen LogP contribution in [0.5, 0.6) is 0 Å². The number of thiophene rings is 1. The number of aromatic nitrogens is 1. The van der Waals surface area contributed by atoms with Crippen molar-refractivity contribution >= 4 is 33.1 Å². The van der Waals surface area contributed by atoms with Gasteiger partial charge in [0, 0.05) is 24.2 Å². The van der Waals surface area contributed by atoms with Gasteiger partial charge in [0.2, 0.25) is 0 Å². The molecule has 2 aromatic heterocycles. The lowest BCUT2D eigenvalue weighted by atomic mass is 9.95. The van der Waals surface area contributed by atoms with E-state index in [2.05, 4.69) is 6.07 Å². The molecule has 2 aliphatic carbocycles. The predicted molar refractivity (Wildman–Crippen MR) is 85.8 cm³/mol. The lowest BCUT2D eigenvalue weighted by Crippen LogP contribution is -2.28. The van der Waals surface area contributed by atoms with Crippen LogP contribution in [0.2, 0.25) is 0 Å². The van der Waals surface area contributed by atoms with E-state index in [1.165, 1.54) is 35.4 Å². The van der Waals surface area contributed by atoms with Crippen molar-refractivity contribution in [1.29, 1.82) is 0 Å². The molecule has 0 radical (unpaired) electrons. The van der Waals surface area contributed by atoms with Gasteiger partial charge in [-0.05, 0) is 50.2 Å². The van der Waals surface area contributed by atoms with Gasteiger partial charge in [-0.1, -0.05) is 0 Å². The predicted octanol–water partition coefficient (Wildman–Crippen LogP) is 2.99. The van der Waals surface area contributed by atoms with Crippen molar-refractivity contribution in [1.82, 2.24) is 9.88 Å². The topological polar surface area (TPSA) is 59.2 Å². The summed E-state index contributed by atoms with van der Waals surface area (Å²) in [7, 11) is 1.88. The highest BCUT2D eigenvalue weighted by atomic mass is 32.1. The summed E-state index contributed by atoms with van der Waals surface area (Å²) in [6.07, 6.45) is 6.79. The molecule has 2 heterocycles. The van der Waals surface area contributed by atoms with Crippen LogP contribution in [0.3, 0.4) is 0 Å². The van der Waals surface area contributed by atoms with Gasteiger partial charge in [0.15, 0.2) is 0 Å². The van der Waals surface area contributed by atoms with Crippen molar-refractivity contribution < 1.29 is 4.79 Å². The molecule has 0 atom stereocenters. The first-order chi connectivity index (χ1) is 10.1. The van der Waals surface area contributed by atoms with Crippen LogP contribution in [0.1, 0.15) is 46.6 Å². The summed E-state index contributed by atoms with van der Waals surface area (Å²) in [5.74, 6) is 0.0518. The van der Waals surface area contributed by atoms with Crippen molar-refractivity contribution in [2.24, 2.45) is 0 Å². The SMILES string of the molecule is CN(C(=O)c1sc2nc3c(cc2c1N)CCCC3)C1CC1. The molecule has 1 fully saturated rings. The number of nitrogens with two attached hydrogens (primary N) is 1. The molecule has 0 saturated heterocycles. The van der Waals surface area contributed by atoms with Crippen LogP contribution in [0.25, 0.3) is 10.2 Å². The summed E-state index contributed by atoms with van der Waals surface area (Å²) in [6, 6.07) is 2.57. The maximum Gasteiger partial charge on any atom is 0.266 e. The molecule has 0 aliphatic heterocycles. The van der Waals surface area contributed by atoms with Gasteiger partial charge >= 0.3 is 0 Å². The minimum atomic E-state index is 0.0518. The summed E-state index contributed by atoms with van der Waals surface area (Å²) in [6.45, 7) is 0. The second kappa shape index (κ2) is 4.70. The molecule has 0 unspecified atom stereocenters. The summed E-state index contributed by atoms with van der Waals surface area (Å²) < 4.78 is 0. The number of amides is 1. The summed E-state index contributed by atoms with van der Waals surface area (Å²) >= 11 is 1.45. The van der Waals surface area contributed by atoms with E-state index >= 15 is 0 Å². The molecule has 1 amide bonds. The molecule has 0 aromatic carbocycles. The number of nitrogens with zero attached hydrogens (tertiary/aromatic N) is 2. The van der Waals surface area contributed by atoms with Crippen LogP contribution in [0, 0.1) is 0 Å². The maximum atomic E-state index is 12.6. The highest BCUT2D eigenvalue weighted by Gasteiger charge is 2.32. The van der Waals surface area contributed by atoms with Crippen molar-refractivity contribution in [3.05, 3.63) is 22.2 Å². The molecule has 2 aromatic rings. The number of carbonyl (C=O) groups is 1. The number of fused-ring (bicyclic) bond motifs is 2. The third-order valence-electron chi connectivity index (χ3n) is 4.61. The van der Waals surface area contributed by atoms with Gasteiger partial charge < -0.3 is 10.6 Å². The number of hydrogen-bond donors (Lipinski definition) is 1. The Morgan fingerprint density at radius 1 is 1.38 bits per heavy atom. The van der Waals surface area contributed by atoms with Gasteiger partial charge in [-0.3, -0.25) is 4.79 Å². The lowest BCUT2D eigenvalue weighted by molar-refractivity contribution is 0.0791. The molecular weight excluding hydrogens is 282 g/mol. The van der Waals surface area contributed by atoms with Gasteiger partial charge in [0.05, 0.1) is 5.69 Å². The summed E-state index contributed by atoms with van der Waals surface area (Å²) in [5.41, 5.74) is 9.38. The van der Waals surface area contributed by atoms with Crippen LogP contribution in [0.15, 0.2) is 6.07 Å². The minimum absolute atomic E-state index is 0.0518. The third kappa shape index (κ3) is 2.11. The van der Waals surface area contributed by atoms with Gasteiger partial charge in [-0.2, -0.15) is 0 Å². The van der Waals surface area contributed by atoms with Crippen LogP contribution in [-0.2, 0) is 12.8 Å². The second-order valence-electron chi connectivity index (χ2n) is 6.15. The number of hydrogen-bond acceptors (Lipinski definition) is 4. The number of nitrogen functional groups attached to an aromatic ring is 1. The largest absolute Gasteiger partial charge is 0.397 e. The third-order valence-corrected chi connectivity index (χ3v) is 5.71. The highest BCUT2D eigenvalue weighted by molar-refractivity contribution is 7.21. The Morgan fingerprint density at radius 2 is 2.14 bits per heavy atom. The Hall–Kier alpha value is -1.62. The Kier molecular flexibility index (Phi) is 2.92. The van der Waals surface area contributed by atoms with E-state index in [0.29, 0.717) is 16.6 Å². The summed E-state index contributed by atoms with van der Waals surface area (Å²) in [4.78, 5) is 20.7. The fraction of sp³-hybridized carbons (Fsp3) is 0.500. The van der Waals surface area contributed by atoms with Crippen molar-refractivity contribution in [2.75, 3.05) is 12.8 Å². The fourth-order valence-electron chi connectivity index (χ4n) is 3.11. The van der Waals surface area contributed by atoms with Crippen molar-refractivity contribution in [2.45, 2.75) is 44.6 Å². The molecule has 5 heteroatoms. The molecule has 4 nitrogen and oxygen atoms in total. The Bertz CT molecular complexity index is 733. The second-order valence-corrected chi connectivity index (χ2v) is 7.15. The monoisotopic (exact) mass is 301 g/mol. The lowest BCUT2D eigenvalue weighted by Gasteiger charge is -2.15. The molecule has 2 aliphatic rings. The van der Waals surface area contributed by atoms with Gasteiger partial charge in [0.25, 0.3) is 5.91 Å². The fourth-order valence-corrected chi connectivity index (χ4v) is 4.19. The molecule has 1 saturated carbocycles. The molecular formula is C16H19N3OS. The zero-order chi connectivity index (χ0) is 14.6. The number of carbonyl (C=O) groups excluding carboxylic acids is 1. The van der Waals surface area contributed by atoms with Crippen molar-refractivity contribution in [3.8, 4) is 0 Å².